The van der Waals surface area contributed by atoms with E-state index in [1.54, 1.807) is 15.9 Å². The fraction of sp³-hybridized carbons (Fsp3) is 0.423. The lowest BCUT2D eigenvalue weighted by Crippen LogP contribution is -2.62. The molecule has 0 saturated carbocycles. The van der Waals surface area contributed by atoms with Crippen molar-refractivity contribution in [3.05, 3.63) is 65.7 Å². The van der Waals surface area contributed by atoms with Gasteiger partial charge in [-0.3, -0.25) is 19.3 Å². The van der Waals surface area contributed by atoms with E-state index in [0.29, 0.717) is 50.0 Å². The molecule has 1 fully saturated rings. The summed E-state index contributed by atoms with van der Waals surface area (Å²) in [5, 5.41) is 3.14. The fourth-order valence-corrected chi connectivity index (χ4v) is 4.99. The van der Waals surface area contributed by atoms with Gasteiger partial charge in [-0.1, -0.05) is 42.5 Å². The molecule has 2 heterocycles. The molecule has 2 aliphatic rings. The van der Waals surface area contributed by atoms with Crippen LogP contribution in [0.4, 0.5) is 5.69 Å². The third-order valence-electron chi connectivity index (χ3n) is 6.62. The van der Waals surface area contributed by atoms with Gasteiger partial charge in [0.25, 0.3) is 5.91 Å². The highest BCUT2D eigenvalue weighted by Gasteiger charge is 2.52. The summed E-state index contributed by atoms with van der Waals surface area (Å²) in [6, 6.07) is 17.1. The molecule has 4 rings (SSSR count). The molecular formula is C26H32N4O3. The molecule has 1 saturated heterocycles. The van der Waals surface area contributed by atoms with E-state index in [1.807, 2.05) is 74.4 Å². The van der Waals surface area contributed by atoms with Gasteiger partial charge in [-0.25, -0.2) is 0 Å². The summed E-state index contributed by atoms with van der Waals surface area (Å²) >= 11 is 0. The van der Waals surface area contributed by atoms with Gasteiger partial charge < -0.3 is 15.1 Å². The Bertz CT molecular complexity index is 1040. The number of benzene rings is 2. The molecule has 0 radical (unpaired) electrons. The van der Waals surface area contributed by atoms with Crippen LogP contribution < -0.4 is 10.2 Å². The molecule has 0 aliphatic carbocycles. The minimum Gasteiger partial charge on any atom is -0.348 e. The van der Waals surface area contributed by atoms with E-state index in [0.717, 1.165) is 5.56 Å². The second-order valence-corrected chi connectivity index (χ2v) is 9.32. The lowest BCUT2D eigenvalue weighted by atomic mass is 9.98. The predicted molar refractivity (Wildman–Crippen MR) is 128 cm³/mol. The van der Waals surface area contributed by atoms with Crippen molar-refractivity contribution in [2.45, 2.75) is 44.3 Å². The van der Waals surface area contributed by atoms with Crippen LogP contribution in [0.5, 0.6) is 0 Å². The number of carbonyl (C=O) groups is 3. The average molecular weight is 449 g/mol. The van der Waals surface area contributed by atoms with Crippen LogP contribution in [0.2, 0.25) is 0 Å². The standard InChI is InChI=1S/C26H32N4O3/c1-26-16-15-24(32)30(26)22-13-8-7-12-20(22)25(33)29(26)17-9-14-23(31)27-21(18-28(2)3)19-10-5-4-6-11-19/h4-8,10-13,21H,9,14-18H2,1-3H3,(H,27,31). The zero-order chi connectivity index (χ0) is 23.6. The van der Waals surface area contributed by atoms with Gasteiger partial charge in [-0.15, -0.1) is 0 Å². The lowest BCUT2D eigenvalue weighted by Gasteiger charge is -2.48. The Morgan fingerprint density at radius 3 is 2.52 bits per heavy atom. The van der Waals surface area contributed by atoms with Crippen molar-refractivity contribution in [1.29, 1.82) is 0 Å². The van der Waals surface area contributed by atoms with E-state index >= 15 is 0 Å². The van der Waals surface area contributed by atoms with Crippen molar-refractivity contribution in [3.8, 4) is 0 Å². The van der Waals surface area contributed by atoms with Crippen molar-refractivity contribution >= 4 is 23.4 Å². The van der Waals surface area contributed by atoms with E-state index in [2.05, 4.69) is 5.32 Å². The highest BCUT2D eigenvalue weighted by molar-refractivity contribution is 6.10. The molecule has 2 aromatic rings. The maximum absolute atomic E-state index is 13.3. The Morgan fingerprint density at radius 1 is 1.09 bits per heavy atom. The summed E-state index contributed by atoms with van der Waals surface area (Å²) < 4.78 is 0. The van der Waals surface area contributed by atoms with Crippen LogP contribution in [0.1, 0.15) is 54.6 Å². The van der Waals surface area contributed by atoms with Crippen LogP contribution in [0.25, 0.3) is 0 Å². The molecule has 7 nitrogen and oxygen atoms in total. The van der Waals surface area contributed by atoms with Crippen molar-refractivity contribution in [1.82, 2.24) is 15.1 Å². The number of anilines is 1. The van der Waals surface area contributed by atoms with E-state index in [1.165, 1.54) is 0 Å². The van der Waals surface area contributed by atoms with Crippen LogP contribution in [0.3, 0.4) is 0 Å². The molecule has 3 amide bonds. The normalized spacial score (nSPS) is 20.6. The fourth-order valence-electron chi connectivity index (χ4n) is 4.99. The zero-order valence-corrected chi connectivity index (χ0v) is 19.6. The predicted octanol–water partition coefficient (Wildman–Crippen LogP) is 3.18. The molecule has 33 heavy (non-hydrogen) atoms. The highest BCUT2D eigenvalue weighted by Crippen LogP contribution is 2.44. The van der Waals surface area contributed by atoms with E-state index < -0.39 is 5.66 Å². The molecule has 0 aromatic heterocycles. The summed E-state index contributed by atoms with van der Waals surface area (Å²) in [5.74, 6) is -0.0797. The second kappa shape index (κ2) is 9.35. The Balaban J connectivity index is 1.43. The largest absolute Gasteiger partial charge is 0.348 e. The number of hydrogen-bond acceptors (Lipinski definition) is 4. The maximum Gasteiger partial charge on any atom is 0.257 e. The Morgan fingerprint density at radius 2 is 1.79 bits per heavy atom. The molecular weight excluding hydrogens is 416 g/mol. The maximum atomic E-state index is 13.3. The summed E-state index contributed by atoms with van der Waals surface area (Å²) in [7, 11) is 3.97. The molecule has 2 aromatic carbocycles. The first-order chi connectivity index (χ1) is 15.8. The summed E-state index contributed by atoms with van der Waals surface area (Å²) in [5.41, 5.74) is 1.62. The van der Waals surface area contributed by atoms with Gasteiger partial charge >= 0.3 is 0 Å². The topological polar surface area (TPSA) is 73.0 Å². The smallest absolute Gasteiger partial charge is 0.257 e. The molecule has 2 aliphatic heterocycles. The SMILES string of the molecule is CN(C)CC(NC(=O)CCCN1C(=O)c2ccccc2N2C(=O)CCC12C)c1ccccc1. The molecule has 0 spiro atoms. The van der Waals surface area contributed by atoms with Crippen LogP contribution in [-0.4, -0.2) is 60.4 Å². The summed E-state index contributed by atoms with van der Waals surface area (Å²) in [6.07, 6.45) is 1.85. The number of nitrogens with zero attached hydrogens (tertiary/aromatic N) is 3. The van der Waals surface area contributed by atoms with Crippen LogP contribution in [-0.2, 0) is 9.59 Å². The first-order valence-corrected chi connectivity index (χ1v) is 11.5. The van der Waals surface area contributed by atoms with Crippen LogP contribution in [0, 0.1) is 0 Å². The van der Waals surface area contributed by atoms with Crippen LogP contribution >= 0.6 is 0 Å². The van der Waals surface area contributed by atoms with E-state index in [9.17, 15) is 14.4 Å². The van der Waals surface area contributed by atoms with Gasteiger partial charge in [0, 0.05) is 25.9 Å². The van der Waals surface area contributed by atoms with Crippen molar-refractivity contribution in [2.75, 3.05) is 32.1 Å². The monoisotopic (exact) mass is 448 g/mol. The third kappa shape index (κ3) is 4.50. The minimum absolute atomic E-state index is 0.0366. The molecule has 174 valence electrons. The average Bonchev–Trinajstić information content (AvgIpc) is 3.11. The first kappa shape index (κ1) is 23.0. The first-order valence-electron chi connectivity index (χ1n) is 11.5. The van der Waals surface area contributed by atoms with Crippen molar-refractivity contribution < 1.29 is 14.4 Å². The Hall–Kier alpha value is -3.19. The number of likely N-dealkylation sites (N-methyl/N-ethyl adjacent to an activating group) is 1. The zero-order valence-electron chi connectivity index (χ0n) is 19.6. The number of rotatable bonds is 8. The number of carbonyl (C=O) groups excluding carboxylic acids is 3. The van der Waals surface area contributed by atoms with Gasteiger partial charge in [-0.2, -0.15) is 0 Å². The third-order valence-corrected chi connectivity index (χ3v) is 6.62. The molecule has 7 heteroatoms. The summed E-state index contributed by atoms with van der Waals surface area (Å²) in [6.45, 7) is 3.07. The van der Waals surface area contributed by atoms with Crippen molar-refractivity contribution in [3.63, 3.8) is 0 Å². The lowest BCUT2D eigenvalue weighted by molar-refractivity contribution is -0.122. The van der Waals surface area contributed by atoms with Gasteiger partial charge in [0.05, 0.1) is 17.3 Å². The molecule has 2 atom stereocenters. The number of fused-ring (bicyclic) bond motifs is 3. The van der Waals surface area contributed by atoms with E-state index in [4.69, 9.17) is 0 Å². The number of amides is 3. The van der Waals surface area contributed by atoms with Gasteiger partial charge in [0.2, 0.25) is 11.8 Å². The highest BCUT2D eigenvalue weighted by atomic mass is 16.2. The number of hydrogen-bond donors (Lipinski definition) is 1. The molecule has 1 N–H and O–H groups in total. The van der Waals surface area contributed by atoms with Crippen LogP contribution in [0.15, 0.2) is 54.6 Å². The van der Waals surface area contributed by atoms with Gasteiger partial charge in [0.15, 0.2) is 0 Å². The van der Waals surface area contributed by atoms with Gasteiger partial charge in [0.1, 0.15) is 5.66 Å². The number of para-hydroxylation sites is 1. The Kier molecular flexibility index (Phi) is 6.51. The molecule has 2 unspecified atom stereocenters. The number of nitrogens with one attached hydrogen (secondary N) is 1. The molecule has 0 bridgehead atoms. The van der Waals surface area contributed by atoms with Gasteiger partial charge in [-0.05, 0) is 51.6 Å². The van der Waals surface area contributed by atoms with E-state index in [-0.39, 0.29) is 23.8 Å². The quantitative estimate of drug-likeness (QED) is 0.673. The summed E-state index contributed by atoms with van der Waals surface area (Å²) in [4.78, 5) is 44.4. The van der Waals surface area contributed by atoms with Crippen molar-refractivity contribution in [2.24, 2.45) is 0 Å². The Labute approximate surface area is 195 Å². The minimum atomic E-state index is -0.684. The second-order valence-electron chi connectivity index (χ2n) is 9.32.